The molecule has 0 amide bonds. The highest BCUT2D eigenvalue weighted by atomic mass is 35.5. The highest BCUT2D eigenvalue weighted by Crippen LogP contribution is 2.02. The summed E-state index contributed by atoms with van der Waals surface area (Å²) in [5.74, 6) is 0. The van der Waals surface area contributed by atoms with Crippen LogP contribution in [0.3, 0.4) is 0 Å². The number of rotatable bonds is 3. The maximum atomic E-state index is 5.68. The van der Waals surface area contributed by atoms with E-state index in [4.69, 9.17) is 11.6 Å². The van der Waals surface area contributed by atoms with Gasteiger partial charge in [0.2, 0.25) is 5.28 Å². The fourth-order valence-corrected chi connectivity index (χ4v) is 1.71. The molecule has 0 radical (unpaired) electrons. The number of nitrogens with zero attached hydrogens (tertiary/aromatic N) is 2. The van der Waals surface area contributed by atoms with E-state index in [2.05, 4.69) is 20.6 Å². The van der Waals surface area contributed by atoms with E-state index in [1.807, 2.05) is 6.07 Å². The second-order valence-corrected chi connectivity index (χ2v) is 3.73. The van der Waals surface area contributed by atoms with Gasteiger partial charge in [-0.2, -0.15) is 0 Å². The Labute approximate surface area is 88.1 Å². The molecule has 0 aromatic carbocycles. The van der Waals surface area contributed by atoms with Gasteiger partial charge in [-0.3, -0.25) is 0 Å². The summed E-state index contributed by atoms with van der Waals surface area (Å²) >= 11 is 5.68. The molecule has 0 bridgehead atoms. The Morgan fingerprint density at radius 3 is 3.29 bits per heavy atom. The summed E-state index contributed by atoms with van der Waals surface area (Å²) in [6.07, 6.45) is 2.86. The van der Waals surface area contributed by atoms with Gasteiger partial charge in [-0.1, -0.05) is 0 Å². The molecule has 14 heavy (non-hydrogen) atoms. The quantitative estimate of drug-likeness (QED) is 0.720. The molecule has 1 fully saturated rings. The van der Waals surface area contributed by atoms with Gasteiger partial charge in [0.15, 0.2) is 0 Å². The SMILES string of the molecule is Clc1nccc(CN[C@@H]2CCNC2)n1. The molecule has 0 saturated carbocycles. The van der Waals surface area contributed by atoms with Gasteiger partial charge in [-0.25, -0.2) is 9.97 Å². The van der Waals surface area contributed by atoms with E-state index in [1.165, 1.54) is 6.42 Å². The minimum absolute atomic E-state index is 0.314. The van der Waals surface area contributed by atoms with Crippen LogP contribution in [0, 0.1) is 0 Å². The lowest BCUT2D eigenvalue weighted by Crippen LogP contribution is -2.30. The van der Waals surface area contributed by atoms with Crippen LogP contribution in [-0.2, 0) is 6.54 Å². The van der Waals surface area contributed by atoms with Gasteiger partial charge in [0, 0.05) is 25.3 Å². The van der Waals surface area contributed by atoms with E-state index in [0.717, 1.165) is 25.3 Å². The molecule has 1 aromatic heterocycles. The lowest BCUT2D eigenvalue weighted by molar-refractivity contribution is 0.541. The van der Waals surface area contributed by atoms with Crippen LogP contribution in [0.4, 0.5) is 0 Å². The predicted octanol–water partition coefficient (Wildman–Crippen LogP) is 0.582. The summed E-state index contributed by atoms with van der Waals surface area (Å²) in [7, 11) is 0. The molecule has 0 aliphatic carbocycles. The lowest BCUT2D eigenvalue weighted by Gasteiger charge is -2.10. The molecule has 5 heteroatoms. The van der Waals surface area contributed by atoms with E-state index in [0.29, 0.717) is 11.3 Å². The van der Waals surface area contributed by atoms with E-state index >= 15 is 0 Å². The zero-order valence-corrected chi connectivity index (χ0v) is 8.59. The largest absolute Gasteiger partial charge is 0.315 e. The first-order valence-electron chi connectivity index (χ1n) is 4.76. The van der Waals surface area contributed by atoms with Crippen molar-refractivity contribution in [2.24, 2.45) is 0 Å². The van der Waals surface area contributed by atoms with Crippen molar-refractivity contribution < 1.29 is 0 Å². The summed E-state index contributed by atoms with van der Waals surface area (Å²) in [4.78, 5) is 7.94. The van der Waals surface area contributed by atoms with Crippen LogP contribution in [0.2, 0.25) is 5.28 Å². The fourth-order valence-electron chi connectivity index (χ4n) is 1.55. The van der Waals surface area contributed by atoms with Crippen molar-refractivity contribution >= 4 is 11.6 Å². The minimum atomic E-state index is 0.314. The van der Waals surface area contributed by atoms with Crippen LogP contribution < -0.4 is 10.6 Å². The zero-order valence-electron chi connectivity index (χ0n) is 7.83. The smallest absolute Gasteiger partial charge is 0.222 e. The average molecular weight is 213 g/mol. The second kappa shape index (κ2) is 4.68. The van der Waals surface area contributed by atoms with E-state index in [-0.39, 0.29) is 0 Å². The van der Waals surface area contributed by atoms with E-state index in [9.17, 15) is 0 Å². The van der Waals surface area contributed by atoms with Crippen LogP contribution in [-0.4, -0.2) is 29.1 Å². The van der Waals surface area contributed by atoms with Crippen molar-refractivity contribution in [1.82, 2.24) is 20.6 Å². The van der Waals surface area contributed by atoms with Crippen molar-refractivity contribution in [3.05, 3.63) is 23.2 Å². The standard InChI is InChI=1S/C9H13ClN4/c10-9-12-4-2-8(14-9)6-13-7-1-3-11-5-7/h2,4,7,11,13H,1,3,5-6H2/t7-/m1/s1. The summed E-state index contributed by atoms with van der Waals surface area (Å²) < 4.78 is 0. The Morgan fingerprint density at radius 1 is 1.64 bits per heavy atom. The van der Waals surface area contributed by atoms with Crippen molar-refractivity contribution in [2.45, 2.75) is 19.0 Å². The molecule has 4 nitrogen and oxygen atoms in total. The summed E-state index contributed by atoms with van der Waals surface area (Å²) in [5, 5.41) is 7.03. The van der Waals surface area contributed by atoms with Gasteiger partial charge in [0.25, 0.3) is 0 Å². The maximum absolute atomic E-state index is 5.68. The zero-order chi connectivity index (χ0) is 9.80. The van der Waals surface area contributed by atoms with Gasteiger partial charge in [0.1, 0.15) is 0 Å². The topological polar surface area (TPSA) is 49.8 Å². The number of hydrogen-bond acceptors (Lipinski definition) is 4. The molecule has 1 aliphatic heterocycles. The lowest BCUT2D eigenvalue weighted by atomic mass is 10.2. The maximum Gasteiger partial charge on any atom is 0.222 e. The Hall–Kier alpha value is -0.710. The molecule has 1 atom stereocenters. The molecule has 0 spiro atoms. The Morgan fingerprint density at radius 2 is 2.57 bits per heavy atom. The molecule has 2 N–H and O–H groups in total. The summed E-state index contributed by atoms with van der Waals surface area (Å²) in [6, 6.07) is 2.44. The Kier molecular flexibility index (Phi) is 3.29. The normalized spacial score (nSPS) is 21.4. The number of aromatic nitrogens is 2. The first-order chi connectivity index (χ1) is 6.84. The second-order valence-electron chi connectivity index (χ2n) is 3.39. The van der Waals surface area contributed by atoms with Crippen LogP contribution in [0.25, 0.3) is 0 Å². The van der Waals surface area contributed by atoms with Crippen molar-refractivity contribution in [2.75, 3.05) is 13.1 Å². The molecule has 76 valence electrons. The van der Waals surface area contributed by atoms with Crippen LogP contribution in [0.15, 0.2) is 12.3 Å². The first-order valence-corrected chi connectivity index (χ1v) is 5.14. The summed E-state index contributed by atoms with van der Waals surface area (Å²) in [5.41, 5.74) is 0.942. The molecule has 0 unspecified atom stereocenters. The van der Waals surface area contributed by atoms with Gasteiger partial charge in [0.05, 0.1) is 5.69 Å². The van der Waals surface area contributed by atoms with E-state index in [1.54, 1.807) is 6.20 Å². The first kappa shape index (κ1) is 9.83. The monoisotopic (exact) mass is 212 g/mol. The molecule has 1 saturated heterocycles. The fraction of sp³-hybridized carbons (Fsp3) is 0.556. The molecule has 2 rings (SSSR count). The van der Waals surface area contributed by atoms with Gasteiger partial charge in [-0.05, 0) is 30.6 Å². The van der Waals surface area contributed by atoms with Gasteiger partial charge >= 0.3 is 0 Å². The third-order valence-corrected chi connectivity index (χ3v) is 2.50. The van der Waals surface area contributed by atoms with Gasteiger partial charge < -0.3 is 10.6 Å². The summed E-state index contributed by atoms with van der Waals surface area (Å²) in [6.45, 7) is 2.90. The number of halogens is 1. The molecular weight excluding hydrogens is 200 g/mol. The number of hydrogen-bond donors (Lipinski definition) is 2. The van der Waals surface area contributed by atoms with Gasteiger partial charge in [-0.15, -0.1) is 0 Å². The highest BCUT2D eigenvalue weighted by molar-refractivity contribution is 6.28. The van der Waals surface area contributed by atoms with Crippen molar-refractivity contribution in [1.29, 1.82) is 0 Å². The molecular formula is C9H13ClN4. The van der Waals surface area contributed by atoms with Crippen LogP contribution in [0.1, 0.15) is 12.1 Å². The number of nitrogens with one attached hydrogen (secondary N) is 2. The molecule has 1 aromatic rings. The minimum Gasteiger partial charge on any atom is -0.315 e. The molecule has 2 heterocycles. The highest BCUT2D eigenvalue weighted by Gasteiger charge is 2.13. The third kappa shape index (κ3) is 2.64. The predicted molar refractivity (Wildman–Crippen MR) is 55.2 cm³/mol. The van der Waals surface area contributed by atoms with Crippen LogP contribution in [0.5, 0.6) is 0 Å². The molecule has 1 aliphatic rings. The average Bonchev–Trinajstić information content (AvgIpc) is 2.67. The van der Waals surface area contributed by atoms with Crippen LogP contribution >= 0.6 is 11.6 Å². The Balaban J connectivity index is 1.85. The van der Waals surface area contributed by atoms with Crippen molar-refractivity contribution in [3.8, 4) is 0 Å². The van der Waals surface area contributed by atoms with Crippen molar-refractivity contribution in [3.63, 3.8) is 0 Å². The third-order valence-electron chi connectivity index (χ3n) is 2.32. The van der Waals surface area contributed by atoms with E-state index < -0.39 is 0 Å². The Bertz CT molecular complexity index is 299.